The van der Waals surface area contributed by atoms with Gasteiger partial charge in [-0.15, -0.1) is 0 Å². The van der Waals surface area contributed by atoms with E-state index in [1.807, 2.05) is 0 Å². The molecule has 0 aromatic heterocycles. The summed E-state index contributed by atoms with van der Waals surface area (Å²) in [6.07, 6.45) is 9.82. The van der Waals surface area contributed by atoms with Gasteiger partial charge in [0.2, 0.25) is 0 Å². The molecule has 3 fully saturated rings. The van der Waals surface area contributed by atoms with Gasteiger partial charge in [-0.2, -0.15) is 10.2 Å². The van der Waals surface area contributed by atoms with Gasteiger partial charge in [0.05, 0.1) is 5.71 Å². The first-order chi connectivity index (χ1) is 10.3. The molecule has 0 bridgehead atoms. The molecule has 5 heteroatoms. The number of Topliss-reactive ketones (excluding diaryl/α,β-unsaturated/α-hetero) is 1. The fraction of sp³-hybridized carbons (Fsp3) is 0.812. The summed E-state index contributed by atoms with van der Waals surface area (Å²) in [5.41, 5.74) is 1.58. The molecule has 0 aromatic carbocycles. The van der Waals surface area contributed by atoms with Crippen molar-refractivity contribution < 1.29 is 4.79 Å². The normalized spacial score (nSPS) is 28.5. The number of nitrogens with zero attached hydrogens (tertiary/aromatic N) is 4. The number of carbonyl (C=O) groups excluding carboxylic acids is 1. The predicted molar refractivity (Wildman–Crippen MR) is 84.6 cm³/mol. The lowest BCUT2D eigenvalue weighted by Crippen LogP contribution is -2.36. The van der Waals surface area contributed by atoms with Crippen LogP contribution >= 0.6 is 0 Å². The summed E-state index contributed by atoms with van der Waals surface area (Å²) in [7, 11) is 0. The van der Waals surface area contributed by atoms with E-state index < -0.39 is 0 Å². The first-order valence-electron chi connectivity index (χ1n) is 8.52. The van der Waals surface area contributed by atoms with Gasteiger partial charge in [-0.3, -0.25) is 14.8 Å². The number of piperidine rings is 2. The number of carbonyl (C=O) groups is 1. The van der Waals surface area contributed by atoms with E-state index in [2.05, 4.69) is 15.1 Å². The molecular formula is C16H26N4O. The molecule has 0 spiro atoms. The lowest BCUT2D eigenvalue weighted by atomic mass is 9.95. The summed E-state index contributed by atoms with van der Waals surface area (Å²) < 4.78 is 0. The minimum atomic E-state index is 0.183. The van der Waals surface area contributed by atoms with Crippen LogP contribution in [0.4, 0.5) is 0 Å². The molecule has 0 N–H and O–H groups in total. The molecule has 2 saturated heterocycles. The van der Waals surface area contributed by atoms with Gasteiger partial charge in [-0.25, -0.2) is 0 Å². The smallest absolute Gasteiger partial charge is 0.184 e. The molecule has 0 aromatic rings. The molecule has 0 atom stereocenters. The van der Waals surface area contributed by atoms with Crippen LogP contribution in [0.3, 0.4) is 0 Å². The fourth-order valence-corrected chi connectivity index (χ4v) is 3.29. The second-order valence-corrected chi connectivity index (χ2v) is 6.30. The molecule has 3 rings (SSSR count). The first kappa shape index (κ1) is 14.5. The maximum absolute atomic E-state index is 12.3. The Morgan fingerprint density at radius 1 is 0.667 bits per heavy atom. The molecule has 0 radical (unpaired) electrons. The van der Waals surface area contributed by atoms with Gasteiger partial charge in [0.15, 0.2) is 5.78 Å². The third kappa shape index (κ3) is 3.83. The van der Waals surface area contributed by atoms with Crippen LogP contribution in [0.25, 0.3) is 0 Å². The zero-order valence-corrected chi connectivity index (χ0v) is 12.9. The van der Waals surface area contributed by atoms with Crippen molar-refractivity contribution in [3.63, 3.8) is 0 Å². The Morgan fingerprint density at radius 3 is 1.86 bits per heavy atom. The van der Waals surface area contributed by atoms with Crippen LogP contribution in [0.5, 0.6) is 0 Å². The minimum absolute atomic E-state index is 0.183. The Hall–Kier alpha value is -1.39. The van der Waals surface area contributed by atoms with Gasteiger partial charge in [0.25, 0.3) is 0 Å². The fourth-order valence-electron chi connectivity index (χ4n) is 3.29. The van der Waals surface area contributed by atoms with Crippen LogP contribution in [0.15, 0.2) is 10.2 Å². The van der Waals surface area contributed by atoms with Crippen LogP contribution in [0, 0.1) is 0 Å². The van der Waals surface area contributed by atoms with Gasteiger partial charge in [0, 0.05) is 32.6 Å². The van der Waals surface area contributed by atoms with Crippen molar-refractivity contribution in [1.82, 2.24) is 10.0 Å². The average Bonchev–Trinajstić information content (AvgIpc) is 2.53. The van der Waals surface area contributed by atoms with Gasteiger partial charge >= 0.3 is 0 Å². The highest BCUT2D eigenvalue weighted by molar-refractivity contribution is 6.68. The van der Waals surface area contributed by atoms with E-state index in [0.717, 1.165) is 44.7 Å². The van der Waals surface area contributed by atoms with Gasteiger partial charge in [-0.1, -0.05) is 0 Å². The first-order valence-corrected chi connectivity index (χ1v) is 8.52. The number of hydrogen-bond acceptors (Lipinski definition) is 5. The van der Waals surface area contributed by atoms with Crippen LogP contribution in [-0.4, -0.2) is 53.4 Å². The van der Waals surface area contributed by atoms with E-state index in [4.69, 9.17) is 5.10 Å². The highest BCUT2D eigenvalue weighted by atomic mass is 16.1. The predicted octanol–water partition coefficient (Wildman–Crippen LogP) is 2.42. The SMILES string of the molecule is O=C1CCCC(=NN2CCCCC2)C1=NN1CCCCC1. The van der Waals surface area contributed by atoms with Crippen molar-refractivity contribution >= 4 is 17.2 Å². The van der Waals surface area contributed by atoms with Crippen molar-refractivity contribution in [2.24, 2.45) is 10.2 Å². The molecule has 0 unspecified atom stereocenters. The van der Waals surface area contributed by atoms with E-state index in [1.165, 1.54) is 38.5 Å². The van der Waals surface area contributed by atoms with Crippen molar-refractivity contribution in [2.75, 3.05) is 26.2 Å². The maximum atomic E-state index is 12.3. The Balaban J connectivity index is 1.76. The van der Waals surface area contributed by atoms with Crippen molar-refractivity contribution in [3.05, 3.63) is 0 Å². The largest absolute Gasteiger partial charge is 0.297 e. The zero-order valence-electron chi connectivity index (χ0n) is 12.9. The number of hydrogen-bond donors (Lipinski definition) is 0. The summed E-state index contributed by atoms with van der Waals surface area (Å²) in [5, 5.41) is 13.6. The van der Waals surface area contributed by atoms with Gasteiger partial charge in [0.1, 0.15) is 5.71 Å². The molecule has 5 nitrogen and oxygen atoms in total. The monoisotopic (exact) mass is 290 g/mol. The molecule has 1 saturated carbocycles. The summed E-state index contributed by atoms with van der Waals surface area (Å²) in [6, 6.07) is 0. The Kier molecular flexibility index (Phi) is 4.88. The molecule has 0 amide bonds. The summed E-state index contributed by atoms with van der Waals surface area (Å²) in [5.74, 6) is 0.183. The molecule has 3 aliphatic rings. The van der Waals surface area contributed by atoms with Crippen LogP contribution in [-0.2, 0) is 4.79 Å². The highest BCUT2D eigenvalue weighted by Gasteiger charge is 2.26. The average molecular weight is 290 g/mol. The third-order valence-electron chi connectivity index (χ3n) is 4.52. The van der Waals surface area contributed by atoms with Gasteiger partial charge < -0.3 is 0 Å². The third-order valence-corrected chi connectivity index (χ3v) is 4.52. The lowest BCUT2D eigenvalue weighted by molar-refractivity contribution is -0.113. The summed E-state index contributed by atoms with van der Waals surface area (Å²) in [6.45, 7) is 4.00. The molecule has 21 heavy (non-hydrogen) atoms. The van der Waals surface area contributed by atoms with E-state index >= 15 is 0 Å². The number of ketones is 1. The second kappa shape index (κ2) is 7.05. The Bertz CT molecular complexity index is 432. The van der Waals surface area contributed by atoms with Gasteiger partial charge in [-0.05, 0) is 51.4 Å². The van der Waals surface area contributed by atoms with Crippen LogP contribution < -0.4 is 0 Å². The molecular weight excluding hydrogens is 264 g/mol. The molecule has 2 aliphatic heterocycles. The van der Waals surface area contributed by atoms with E-state index in [9.17, 15) is 4.79 Å². The number of hydrazone groups is 2. The highest BCUT2D eigenvalue weighted by Crippen LogP contribution is 2.16. The topological polar surface area (TPSA) is 48.3 Å². The molecule has 1 aliphatic carbocycles. The number of rotatable bonds is 2. The van der Waals surface area contributed by atoms with Crippen LogP contribution in [0.2, 0.25) is 0 Å². The second-order valence-electron chi connectivity index (χ2n) is 6.30. The van der Waals surface area contributed by atoms with E-state index in [1.54, 1.807) is 0 Å². The molecule has 116 valence electrons. The standard InChI is InChI=1S/C16H26N4O/c21-15-9-7-8-14(17-19-10-3-1-4-11-19)16(15)18-20-12-5-2-6-13-20/h1-13H2. The van der Waals surface area contributed by atoms with Crippen molar-refractivity contribution in [3.8, 4) is 0 Å². The van der Waals surface area contributed by atoms with E-state index in [0.29, 0.717) is 12.1 Å². The van der Waals surface area contributed by atoms with Crippen molar-refractivity contribution in [1.29, 1.82) is 0 Å². The van der Waals surface area contributed by atoms with E-state index in [-0.39, 0.29) is 5.78 Å². The Labute approximate surface area is 127 Å². The maximum Gasteiger partial charge on any atom is 0.184 e. The van der Waals surface area contributed by atoms with Crippen LogP contribution in [0.1, 0.15) is 57.8 Å². The lowest BCUT2D eigenvalue weighted by Gasteiger charge is -2.28. The molecule has 2 heterocycles. The quantitative estimate of drug-likeness (QED) is 0.784. The minimum Gasteiger partial charge on any atom is -0.297 e. The van der Waals surface area contributed by atoms with Crippen molar-refractivity contribution in [2.45, 2.75) is 57.8 Å². The summed E-state index contributed by atoms with van der Waals surface area (Å²) in [4.78, 5) is 12.3. The summed E-state index contributed by atoms with van der Waals surface area (Å²) >= 11 is 0. The zero-order chi connectivity index (χ0) is 14.5. The Morgan fingerprint density at radius 2 is 1.24 bits per heavy atom.